The highest BCUT2D eigenvalue weighted by atomic mass is 35.5. The molecule has 0 unspecified atom stereocenters. The van der Waals surface area contributed by atoms with Crippen molar-refractivity contribution in [1.82, 2.24) is 0 Å². The Bertz CT molecular complexity index is 943. The number of halogens is 1. The van der Waals surface area contributed by atoms with Crippen molar-refractivity contribution in [1.29, 1.82) is 0 Å². The van der Waals surface area contributed by atoms with E-state index in [2.05, 4.69) is 6.07 Å². The lowest BCUT2D eigenvalue weighted by atomic mass is 9.88. The van der Waals surface area contributed by atoms with Gasteiger partial charge in [-0.3, -0.25) is 4.79 Å². The summed E-state index contributed by atoms with van der Waals surface area (Å²) in [6.45, 7) is 2.03. The Kier molecular flexibility index (Phi) is 4.41. The SMILES string of the molecule is Cc1ccc(C(=O)c2ccc3c(c2-c2ccc(Cl)cc2)CSC3)cc1. The van der Waals surface area contributed by atoms with Crippen LogP contribution < -0.4 is 0 Å². The summed E-state index contributed by atoms with van der Waals surface area (Å²) in [5.74, 6) is 2.03. The van der Waals surface area contributed by atoms with Crippen molar-refractivity contribution in [3.63, 3.8) is 0 Å². The lowest BCUT2D eigenvalue weighted by molar-refractivity contribution is 0.103. The maximum absolute atomic E-state index is 13.2. The third-order valence-corrected chi connectivity index (χ3v) is 5.87. The molecule has 0 aliphatic carbocycles. The van der Waals surface area contributed by atoms with Crippen LogP contribution in [0.5, 0.6) is 0 Å². The normalized spacial score (nSPS) is 12.9. The number of ketones is 1. The average Bonchev–Trinajstić information content (AvgIpc) is 3.10. The van der Waals surface area contributed by atoms with Crippen molar-refractivity contribution >= 4 is 29.1 Å². The van der Waals surface area contributed by atoms with Crippen LogP contribution in [0, 0.1) is 6.92 Å². The Labute approximate surface area is 157 Å². The second-order valence-corrected chi connectivity index (χ2v) is 7.74. The fourth-order valence-corrected chi connectivity index (χ4v) is 4.50. The van der Waals surface area contributed by atoms with Gasteiger partial charge in [-0.2, -0.15) is 11.8 Å². The molecule has 1 heterocycles. The second kappa shape index (κ2) is 6.70. The molecule has 1 aliphatic heterocycles. The second-order valence-electron chi connectivity index (χ2n) is 6.32. The van der Waals surface area contributed by atoms with Crippen LogP contribution in [-0.2, 0) is 11.5 Å². The maximum atomic E-state index is 13.2. The molecule has 0 N–H and O–H groups in total. The predicted molar refractivity (Wildman–Crippen MR) is 106 cm³/mol. The molecular weight excluding hydrogens is 348 g/mol. The summed E-state index contributed by atoms with van der Waals surface area (Å²) in [6.07, 6.45) is 0. The molecule has 3 aromatic carbocycles. The number of carbonyl (C=O) groups is 1. The number of rotatable bonds is 3. The first-order chi connectivity index (χ1) is 12.1. The van der Waals surface area contributed by atoms with Crippen LogP contribution in [-0.4, -0.2) is 5.78 Å². The van der Waals surface area contributed by atoms with E-state index in [9.17, 15) is 4.79 Å². The highest BCUT2D eigenvalue weighted by Gasteiger charge is 2.23. The van der Waals surface area contributed by atoms with Crippen molar-refractivity contribution in [2.45, 2.75) is 18.4 Å². The van der Waals surface area contributed by atoms with Gasteiger partial charge in [0.2, 0.25) is 0 Å². The highest BCUT2D eigenvalue weighted by Crippen LogP contribution is 2.40. The fourth-order valence-electron chi connectivity index (χ4n) is 3.25. The molecule has 25 heavy (non-hydrogen) atoms. The summed E-state index contributed by atoms with van der Waals surface area (Å²) in [4.78, 5) is 13.2. The van der Waals surface area contributed by atoms with E-state index in [0.29, 0.717) is 5.02 Å². The Hall–Kier alpha value is -2.03. The Morgan fingerprint density at radius 3 is 2.36 bits per heavy atom. The molecule has 0 bridgehead atoms. The highest BCUT2D eigenvalue weighted by molar-refractivity contribution is 7.98. The van der Waals surface area contributed by atoms with Gasteiger partial charge in [0.25, 0.3) is 0 Å². The van der Waals surface area contributed by atoms with Crippen LogP contribution in [0.4, 0.5) is 0 Å². The summed E-state index contributed by atoms with van der Waals surface area (Å²) in [6, 6.07) is 19.7. The van der Waals surface area contributed by atoms with Crippen LogP contribution in [0.25, 0.3) is 11.1 Å². The van der Waals surface area contributed by atoms with Gasteiger partial charge in [-0.25, -0.2) is 0 Å². The number of carbonyl (C=O) groups excluding carboxylic acids is 1. The molecule has 0 fully saturated rings. The molecule has 0 radical (unpaired) electrons. The topological polar surface area (TPSA) is 17.1 Å². The van der Waals surface area contributed by atoms with E-state index in [0.717, 1.165) is 39.3 Å². The summed E-state index contributed by atoms with van der Waals surface area (Å²) >= 11 is 7.95. The minimum Gasteiger partial charge on any atom is -0.289 e. The van der Waals surface area contributed by atoms with Gasteiger partial charge in [-0.05, 0) is 41.3 Å². The zero-order valence-corrected chi connectivity index (χ0v) is 15.5. The standard InChI is InChI=1S/C22H17ClOS/c1-14-2-4-16(5-3-14)22(24)19-11-8-17-12-25-13-20(17)21(19)15-6-9-18(23)10-7-15/h2-11H,12-13H2,1H3. The first-order valence-electron chi connectivity index (χ1n) is 8.23. The van der Waals surface area contributed by atoms with Gasteiger partial charge < -0.3 is 0 Å². The van der Waals surface area contributed by atoms with E-state index in [1.807, 2.05) is 73.3 Å². The Morgan fingerprint density at radius 1 is 0.920 bits per heavy atom. The van der Waals surface area contributed by atoms with E-state index in [1.165, 1.54) is 11.1 Å². The zero-order valence-electron chi connectivity index (χ0n) is 13.9. The number of fused-ring (bicyclic) bond motifs is 1. The first kappa shape index (κ1) is 16.4. The van der Waals surface area contributed by atoms with E-state index < -0.39 is 0 Å². The van der Waals surface area contributed by atoms with Crippen molar-refractivity contribution in [2.24, 2.45) is 0 Å². The van der Waals surface area contributed by atoms with Crippen LogP contribution >= 0.6 is 23.4 Å². The maximum Gasteiger partial charge on any atom is 0.193 e. The van der Waals surface area contributed by atoms with Crippen molar-refractivity contribution in [3.05, 3.63) is 93.5 Å². The molecule has 1 nitrogen and oxygen atoms in total. The van der Waals surface area contributed by atoms with Crippen LogP contribution in [0.15, 0.2) is 60.7 Å². The third kappa shape index (κ3) is 3.12. The zero-order chi connectivity index (χ0) is 17.4. The quantitative estimate of drug-likeness (QED) is 0.508. The van der Waals surface area contributed by atoms with E-state index in [-0.39, 0.29) is 5.78 Å². The molecule has 0 saturated carbocycles. The summed E-state index contributed by atoms with van der Waals surface area (Å²) in [5, 5.41) is 0.706. The molecule has 1 aliphatic rings. The molecule has 0 atom stereocenters. The van der Waals surface area contributed by atoms with Crippen molar-refractivity contribution in [2.75, 3.05) is 0 Å². The molecule has 0 amide bonds. The Morgan fingerprint density at radius 2 is 1.64 bits per heavy atom. The molecule has 3 aromatic rings. The van der Waals surface area contributed by atoms with Crippen molar-refractivity contribution < 1.29 is 4.79 Å². The van der Waals surface area contributed by atoms with Gasteiger partial charge in [0, 0.05) is 27.7 Å². The predicted octanol–water partition coefficient (Wildman–Crippen LogP) is 6.29. The first-order valence-corrected chi connectivity index (χ1v) is 9.76. The Balaban J connectivity index is 1.89. The molecule has 0 aromatic heterocycles. The minimum absolute atomic E-state index is 0.0738. The largest absolute Gasteiger partial charge is 0.289 e. The van der Waals surface area contributed by atoms with Gasteiger partial charge in [0.15, 0.2) is 5.78 Å². The fraction of sp³-hybridized carbons (Fsp3) is 0.136. The lowest BCUT2D eigenvalue weighted by Crippen LogP contribution is -2.06. The van der Waals surface area contributed by atoms with Gasteiger partial charge in [0.1, 0.15) is 0 Å². The van der Waals surface area contributed by atoms with Gasteiger partial charge in [0.05, 0.1) is 0 Å². The van der Waals surface area contributed by atoms with Crippen LogP contribution in [0.3, 0.4) is 0 Å². The van der Waals surface area contributed by atoms with Crippen molar-refractivity contribution in [3.8, 4) is 11.1 Å². The summed E-state index contributed by atoms with van der Waals surface area (Å²) in [7, 11) is 0. The minimum atomic E-state index is 0.0738. The van der Waals surface area contributed by atoms with Gasteiger partial charge in [-0.1, -0.05) is 65.7 Å². The monoisotopic (exact) mass is 364 g/mol. The number of hydrogen-bond acceptors (Lipinski definition) is 2. The van der Waals surface area contributed by atoms with Gasteiger partial charge >= 0.3 is 0 Å². The molecule has 124 valence electrons. The van der Waals surface area contributed by atoms with Gasteiger partial charge in [-0.15, -0.1) is 0 Å². The number of benzene rings is 3. The smallest absolute Gasteiger partial charge is 0.193 e. The molecule has 0 saturated heterocycles. The third-order valence-electron chi connectivity index (χ3n) is 4.61. The average molecular weight is 365 g/mol. The van der Waals surface area contributed by atoms with E-state index in [1.54, 1.807) is 0 Å². The number of thioether (sulfide) groups is 1. The number of aryl methyl sites for hydroxylation is 1. The van der Waals surface area contributed by atoms with Crippen LogP contribution in [0.2, 0.25) is 5.02 Å². The molecule has 0 spiro atoms. The molecule has 3 heteroatoms. The molecule has 4 rings (SSSR count). The summed E-state index contributed by atoms with van der Waals surface area (Å²) < 4.78 is 0. The van der Waals surface area contributed by atoms with Crippen LogP contribution in [0.1, 0.15) is 32.6 Å². The lowest BCUT2D eigenvalue weighted by Gasteiger charge is -2.14. The summed E-state index contributed by atoms with van der Waals surface area (Å²) in [5.41, 5.74) is 7.38. The number of hydrogen-bond donors (Lipinski definition) is 0. The van der Waals surface area contributed by atoms with E-state index >= 15 is 0 Å². The van der Waals surface area contributed by atoms with E-state index in [4.69, 9.17) is 11.6 Å². The molecular formula is C22H17ClOS.